The summed E-state index contributed by atoms with van der Waals surface area (Å²) in [6, 6.07) is 11.1. The molecular formula is C14H20N2OS. The number of nitrogens with one attached hydrogen (secondary N) is 2. The summed E-state index contributed by atoms with van der Waals surface area (Å²) in [5.74, 6) is 0.616. The van der Waals surface area contributed by atoms with Gasteiger partial charge in [-0.2, -0.15) is 0 Å². The monoisotopic (exact) mass is 264 g/mol. The van der Waals surface area contributed by atoms with Crippen LogP contribution in [-0.4, -0.2) is 31.4 Å². The molecule has 0 bridgehead atoms. The number of hydrogen-bond donors (Lipinski definition) is 2. The molecular weight excluding hydrogens is 244 g/mol. The Kier molecular flexibility index (Phi) is 4.96. The Morgan fingerprint density at radius 1 is 1.39 bits per heavy atom. The molecule has 0 spiro atoms. The summed E-state index contributed by atoms with van der Waals surface area (Å²) in [6.07, 6.45) is 2.15. The van der Waals surface area contributed by atoms with E-state index in [2.05, 4.69) is 41.0 Å². The van der Waals surface area contributed by atoms with Crippen molar-refractivity contribution in [3.05, 3.63) is 35.9 Å². The van der Waals surface area contributed by atoms with Crippen molar-refractivity contribution in [3.63, 3.8) is 0 Å². The fourth-order valence-corrected chi connectivity index (χ4v) is 2.31. The van der Waals surface area contributed by atoms with Crippen molar-refractivity contribution in [2.75, 3.05) is 20.3 Å². The van der Waals surface area contributed by atoms with E-state index in [1.807, 2.05) is 0 Å². The second kappa shape index (κ2) is 6.71. The molecule has 4 heteroatoms. The maximum atomic E-state index is 5.26. The highest BCUT2D eigenvalue weighted by molar-refractivity contribution is 7.80. The van der Waals surface area contributed by atoms with Crippen LogP contribution in [0.5, 0.6) is 0 Å². The van der Waals surface area contributed by atoms with E-state index in [0.29, 0.717) is 12.0 Å². The second-order valence-corrected chi connectivity index (χ2v) is 5.01. The zero-order valence-electron chi connectivity index (χ0n) is 10.7. The number of ether oxygens (including phenoxy) is 1. The lowest BCUT2D eigenvalue weighted by molar-refractivity contribution is 0.195. The third kappa shape index (κ3) is 3.96. The first-order chi connectivity index (χ1) is 8.81. The van der Waals surface area contributed by atoms with E-state index in [4.69, 9.17) is 17.0 Å². The van der Waals surface area contributed by atoms with E-state index in [9.17, 15) is 0 Å². The molecule has 18 heavy (non-hydrogen) atoms. The Labute approximate surface area is 114 Å². The third-order valence-electron chi connectivity index (χ3n) is 3.15. The van der Waals surface area contributed by atoms with Crippen molar-refractivity contribution in [1.82, 2.24) is 10.6 Å². The number of rotatable bonds is 6. The first-order valence-corrected chi connectivity index (χ1v) is 6.80. The van der Waals surface area contributed by atoms with Crippen molar-refractivity contribution in [3.8, 4) is 0 Å². The minimum absolute atomic E-state index is 0.495. The molecule has 0 amide bonds. The van der Waals surface area contributed by atoms with Crippen molar-refractivity contribution in [1.29, 1.82) is 0 Å². The lowest BCUT2D eigenvalue weighted by Crippen LogP contribution is -2.37. The highest BCUT2D eigenvalue weighted by Crippen LogP contribution is 2.40. The largest absolute Gasteiger partial charge is 0.385 e. The van der Waals surface area contributed by atoms with Crippen LogP contribution >= 0.6 is 12.2 Å². The maximum absolute atomic E-state index is 5.26. The van der Waals surface area contributed by atoms with Gasteiger partial charge < -0.3 is 15.4 Å². The van der Waals surface area contributed by atoms with Crippen LogP contribution in [0.4, 0.5) is 0 Å². The molecule has 1 fully saturated rings. The molecule has 1 aromatic carbocycles. The molecule has 0 radical (unpaired) electrons. The highest BCUT2D eigenvalue weighted by Gasteiger charge is 2.38. The van der Waals surface area contributed by atoms with E-state index < -0.39 is 0 Å². The Morgan fingerprint density at radius 3 is 2.89 bits per heavy atom. The van der Waals surface area contributed by atoms with Crippen molar-refractivity contribution in [2.45, 2.75) is 24.8 Å². The van der Waals surface area contributed by atoms with Gasteiger partial charge >= 0.3 is 0 Å². The van der Waals surface area contributed by atoms with E-state index in [1.165, 1.54) is 12.0 Å². The predicted molar refractivity (Wildman–Crippen MR) is 77.8 cm³/mol. The molecule has 0 aliphatic heterocycles. The third-order valence-corrected chi connectivity index (χ3v) is 3.41. The van der Waals surface area contributed by atoms with Crippen molar-refractivity contribution < 1.29 is 4.74 Å². The van der Waals surface area contributed by atoms with E-state index in [1.54, 1.807) is 7.11 Å². The van der Waals surface area contributed by atoms with Gasteiger partial charge in [-0.05, 0) is 30.6 Å². The van der Waals surface area contributed by atoms with Crippen molar-refractivity contribution in [2.24, 2.45) is 0 Å². The Morgan fingerprint density at radius 2 is 2.17 bits per heavy atom. The van der Waals surface area contributed by atoms with E-state index in [0.717, 1.165) is 24.7 Å². The fraction of sp³-hybridized carbons (Fsp3) is 0.500. The molecule has 1 aliphatic rings. The Bertz CT molecular complexity index is 383. The minimum atomic E-state index is 0.495. The molecule has 1 aromatic rings. The van der Waals surface area contributed by atoms with Gasteiger partial charge in [0.05, 0.1) is 0 Å². The molecule has 2 N–H and O–H groups in total. The number of thiocarbonyl (C=S) groups is 1. The standard InChI is InChI=1S/C14H20N2OS/c1-17-9-5-8-15-14(18)16-13-10-12(13)11-6-3-2-4-7-11/h2-4,6-7,12-13H,5,8-10H2,1H3,(H2,15,16,18). The van der Waals surface area contributed by atoms with Gasteiger partial charge in [0.25, 0.3) is 0 Å². The van der Waals surface area contributed by atoms with Crippen LogP contribution in [0, 0.1) is 0 Å². The minimum Gasteiger partial charge on any atom is -0.385 e. The normalized spacial score (nSPS) is 21.4. The van der Waals surface area contributed by atoms with Gasteiger partial charge in [-0.25, -0.2) is 0 Å². The Hall–Kier alpha value is -1.13. The smallest absolute Gasteiger partial charge is 0.166 e. The Balaban J connectivity index is 1.65. The van der Waals surface area contributed by atoms with Gasteiger partial charge in [-0.15, -0.1) is 0 Å². The predicted octanol–water partition coefficient (Wildman–Crippen LogP) is 2.04. The molecule has 2 atom stereocenters. The average Bonchev–Trinajstić information content (AvgIpc) is 3.15. The molecule has 3 nitrogen and oxygen atoms in total. The van der Waals surface area contributed by atoms with Gasteiger partial charge in [-0.3, -0.25) is 0 Å². The summed E-state index contributed by atoms with van der Waals surface area (Å²) in [4.78, 5) is 0. The number of benzene rings is 1. The van der Waals surface area contributed by atoms with Crippen LogP contribution < -0.4 is 10.6 Å². The average molecular weight is 264 g/mol. The molecule has 0 aromatic heterocycles. The summed E-state index contributed by atoms with van der Waals surface area (Å²) < 4.78 is 4.99. The molecule has 2 unspecified atom stereocenters. The lowest BCUT2D eigenvalue weighted by Gasteiger charge is -2.10. The van der Waals surface area contributed by atoms with Crippen LogP contribution in [0.1, 0.15) is 24.3 Å². The van der Waals surface area contributed by atoms with Crippen LogP contribution in [0.3, 0.4) is 0 Å². The van der Waals surface area contributed by atoms with Crippen LogP contribution in [0.25, 0.3) is 0 Å². The molecule has 0 saturated heterocycles. The summed E-state index contributed by atoms with van der Waals surface area (Å²) in [5, 5.41) is 7.32. The maximum Gasteiger partial charge on any atom is 0.166 e. The summed E-state index contributed by atoms with van der Waals surface area (Å²) in [5.41, 5.74) is 1.40. The van der Waals surface area contributed by atoms with Gasteiger partial charge in [-0.1, -0.05) is 30.3 Å². The van der Waals surface area contributed by atoms with Crippen LogP contribution in [0.2, 0.25) is 0 Å². The van der Waals surface area contributed by atoms with Crippen LogP contribution in [0.15, 0.2) is 30.3 Å². The number of methoxy groups -OCH3 is 1. The quantitative estimate of drug-likeness (QED) is 0.608. The molecule has 1 aliphatic carbocycles. The summed E-state index contributed by atoms with van der Waals surface area (Å²) >= 11 is 5.26. The summed E-state index contributed by atoms with van der Waals surface area (Å²) in [6.45, 7) is 1.63. The van der Waals surface area contributed by atoms with Crippen molar-refractivity contribution >= 4 is 17.3 Å². The molecule has 2 rings (SSSR count). The number of hydrogen-bond acceptors (Lipinski definition) is 2. The van der Waals surface area contributed by atoms with Gasteiger partial charge in [0.15, 0.2) is 5.11 Å². The zero-order chi connectivity index (χ0) is 12.8. The highest BCUT2D eigenvalue weighted by atomic mass is 32.1. The van der Waals surface area contributed by atoms with Crippen LogP contribution in [-0.2, 0) is 4.74 Å². The molecule has 0 heterocycles. The van der Waals surface area contributed by atoms with Gasteiger partial charge in [0.2, 0.25) is 0 Å². The first kappa shape index (κ1) is 13.3. The zero-order valence-corrected chi connectivity index (χ0v) is 11.5. The first-order valence-electron chi connectivity index (χ1n) is 6.39. The van der Waals surface area contributed by atoms with Gasteiger partial charge in [0.1, 0.15) is 0 Å². The van der Waals surface area contributed by atoms with E-state index in [-0.39, 0.29) is 0 Å². The SMILES string of the molecule is COCCCNC(=S)NC1CC1c1ccccc1. The lowest BCUT2D eigenvalue weighted by atomic mass is 10.1. The summed E-state index contributed by atoms with van der Waals surface area (Å²) in [7, 11) is 1.71. The van der Waals surface area contributed by atoms with E-state index >= 15 is 0 Å². The fourth-order valence-electron chi connectivity index (χ4n) is 2.06. The van der Waals surface area contributed by atoms with Gasteiger partial charge in [0, 0.05) is 32.2 Å². The topological polar surface area (TPSA) is 33.3 Å². The second-order valence-electron chi connectivity index (χ2n) is 4.61. The molecule has 1 saturated carbocycles. The molecule has 98 valence electrons.